The fourth-order valence-electron chi connectivity index (χ4n) is 2.39. The molecule has 0 atom stereocenters. The summed E-state index contributed by atoms with van der Waals surface area (Å²) in [4.78, 5) is 10.4. The lowest BCUT2D eigenvalue weighted by Gasteiger charge is -2.08. The second-order valence-electron chi connectivity index (χ2n) is 6.37. The minimum Gasteiger partial charge on any atom is -0.494 e. The maximum absolute atomic E-state index is 12.0. The molecular formula is C19H31NO5S. The number of aryl methyl sites for hydroxylation is 1. The van der Waals surface area contributed by atoms with Crippen molar-refractivity contribution in [1.29, 1.82) is 0 Å². The molecule has 0 aliphatic rings. The summed E-state index contributed by atoms with van der Waals surface area (Å²) in [5.41, 5.74) is 0.965. The molecule has 0 saturated heterocycles. The van der Waals surface area contributed by atoms with Crippen LogP contribution in [0.5, 0.6) is 5.75 Å². The van der Waals surface area contributed by atoms with Gasteiger partial charge in [0, 0.05) is 13.0 Å². The highest BCUT2D eigenvalue weighted by Gasteiger charge is 2.10. The lowest BCUT2D eigenvalue weighted by Crippen LogP contribution is -2.28. The van der Waals surface area contributed by atoms with Crippen LogP contribution in [0.15, 0.2) is 24.3 Å². The van der Waals surface area contributed by atoms with Crippen LogP contribution in [0.3, 0.4) is 0 Å². The third-order valence-corrected chi connectivity index (χ3v) is 5.37. The van der Waals surface area contributed by atoms with Gasteiger partial charge in [0.2, 0.25) is 10.0 Å². The zero-order valence-corrected chi connectivity index (χ0v) is 16.4. The van der Waals surface area contributed by atoms with Gasteiger partial charge in [0.1, 0.15) is 5.75 Å². The molecule has 0 aliphatic carbocycles. The molecule has 0 unspecified atom stereocenters. The molecule has 0 radical (unpaired) electrons. The van der Waals surface area contributed by atoms with Crippen molar-refractivity contribution in [2.45, 2.75) is 58.3 Å². The largest absolute Gasteiger partial charge is 0.494 e. The smallest absolute Gasteiger partial charge is 0.303 e. The van der Waals surface area contributed by atoms with E-state index in [-0.39, 0.29) is 12.2 Å². The SMILES string of the molecule is CCCCOc1ccc(CCS(=O)(=O)NCCCCCCC(=O)O)cc1. The molecule has 0 bridgehead atoms. The molecule has 0 amide bonds. The van der Waals surface area contributed by atoms with Crippen LogP contribution >= 0.6 is 0 Å². The standard InChI is InChI=1S/C19H31NO5S/c1-2-3-15-25-18-11-9-17(10-12-18)13-16-26(23,24)20-14-7-5-4-6-8-19(21)22/h9-12,20H,2-8,13-16H2,1H3,(H,21,22). The molecule has 0 heterocycles. The summed E-state index contributed by atoms with van der Waals surface area (Å²) >= 11 is 0. The van der Waals surface area contributed by atoms with Crippen LogP contribution in [0.4, 0.5) is 0 Å². The fourth-order valence-corrected chi connectivity index (χ4v) is 3.50. The van der Waals surface area contributed by atoms with Gasteiger partial charge < -0.3 is 9.84 Å². The van der Waals surface area contributed by atoms with Gasteiger partial charge in [-0.25, -0.2) is 13.1 Å². The van der Waals surface area contributed by atoms with E-state index in [9.17, 15) is 13.2 Å². The lowest BCUT2D eigenvalue weighted by molar-refractivity contribution is -0.137. The quantitative estimate of drug-likeness (QED) is 0.452. The molecule has 0 saturated carbocycles. The number of benzene rings is 1. The number of ether oxygens (including phenoxy) is 1. The number of carboxylic acid groups (broad SMARTS) is 1. The Morgan fingerprint density at radius 2 is 1.77 bits per heavy atom. The third kappa shape index (κ3) is 11.1. The molecule has 2 N–H and O–H groups in total. The summed E-state index contributed by atoms with van der Waals surface area (Å²) in [5.74, 6) is 0.0829. The number of aliphatic carboxylic acids is 1. The molecule has 7 heteroatoms. The Morgan fingerprint density at radius 1 is 1.08 bits per heavy atom. The van der Waals surface area contributed by atoms with Gasteiger partial charge in [-0.3, -0.25) is 4.79 Å². The van der Waals surface area contributed by atoms with Crippen molar-refractivity contribution >= 4 is 16.0 Å². The third-order valence-electron chi connectivity index (χ3n) is 3.99. The van der Waals surface area contributed by atoms with Crippen LogP contribution < -0.4 is 9.46 Å². The Hall–Kier alpha value is -1.60. The average molecular weight is 386 g/mol. The van der Waals surface area contributed by atoms with Gasteiger partial charge in [-0.05, 0) is 43.4 Å². The van der Waals surface area contributed by atoms with Gasteiger partial charge in [0.25, 0.3) is 0 Å². The number of carboxylic acids is 1. The zero-order valence-electron chi connectivity index (χ0n) is 15.6. The van der Waals surface area contributed by atoms with Crippen LogP contribution in [0.2, 0.25) is 0 Å². The van der Waals surface area contributed by atoms with Gasteiger partial charge in [-0.15, -0.1) is 0 Å². The van der Waals surface area contributed by atoms with E-state index < -0.39 is 16.0 Å². The molecule has 1 aromatic rings. The average Bonchev–Trinajstić information content (AvgIpc) is 2.60. The predicted molar refractivity (Wildman–Crippen MR) is 103 cm³/mol. The van der Waals surface area contributed by atoms with E-state index in [0.29, 0.717) is 26.0 Å². The van der Waals surface area contributed by atoms with Crippen LogP contribution in [0, 0.1) is 0 Å². The summed E-state index contributed by atoms with van der Waals surface area (Å²) in [7, 11) is -3.29. The summed E-state index contributed by atoms with van der Waals surface area (Å²) in [6.45, 7) is 3.21. The normalized spacial score (nSPS) is 11.4. The fraction of sp³-hybridized carbons (Fsp3) is 0.632. The highest BCUT2D eigenvalue weighted by atomic mass is 32.2. The van der Waals surface area contributed by atoms with Gasteiger partial charge in [0.15, 0.2) is 0 Å². The number of nitrogens with one attached hydrogen (secondary N) is 1. The first-order valence-corrected chi connectivity index (χ1v) is 11.0. The van der Waals surface area contributed by atoms with Crippen LogP contribution in [0.25, 0.3) is 0 Å². The van der Waals surface area contributed by atoms with E-state index in [1.807, 2.05) is 24.3 Å². The molecule has 0 fully saturated rings. The molecule has 0 aliphatic heterocycles. The molecular weight excluding hydrogens is 354 g/mol. The second kappa shape index (κ2) is 12.7. The number of rotatable bonds is 15. The maximum Gasteiger partial charge on any atom is 0.303 e. The zero-order chi connectivity index (χ0) is 19.3. The van der Waals surface area contributed by atoms with E-state index in [1.165, 1.54) is 0 Å². The number of sulfonamides is 1. The van der Waals surface area contributed by atoms with Crippen molar-refractivity contribution in [3.8, 4) is 5.75 Å². The molecule has 1 aromatic carbocycles. The Balaban J connectivity index is 2.20. The Morgan fingerprint density at radius 3 is 2.42 bits per heavy atom. The Bertz CT molecular complexity index is 613. The Kier molecular flexibility index (Phi) is 11.0. The molecule has 26 heavy (non-hydrogen) atoms. The summed E-state index contributed by atoms with van der Waals surface area (Å²) in [5, 5.41) is 8.54. The first-order valence-electron chi connectivity index (χ1n) is 9.34. The van der Waals surface area contributed by atoms with E-state index in [1.54, 1.807) is 0 Å². The van der Waals surface area contributed by atoms with E-state index in [2.05, 4.69) is 11.6 Å². The number of unbranched alkanes of at least 4 members (excludes halogenated alkanes) is 4. The van der Waals surface area contributed by atoms with Gasteiger partial charge in [-0.2, -0.15) is 0 Å². The lowest BCUT2D eigenvalue weighted by atomic mass is 10.1. The van der Waals surface area contributed by atoms with Crippen molar-refractivity contribution in [1.82, 2.24) is 4.72 Å². The predicted octanol–water partition coefficient (Wildman–Crippen LogP) is 3.36. The molecule has 148 valence electrons. The van der Waals surface area contributed by atoms with Crippen molar-refractivity contribution in [3.63, 3.8) is 0 Å². The Labute approximate surface area is 157 Å². The maximum atomic E-state index is 12.0. The number of hydrogen-bond donors (Lipinski definition) is 2. The van der Waals surface area contributed by atoms with E-state index in [4.69, 9.17) is 9.84 Å². The number of carbonyl (C=O) groups is 1. The molecule has 0 spiro atoms. The van der Waals surface area contributed by atoms with Gasteiger partial charge >= 0.3 is 5.97 Å². The summed E-state index contributed by atoms with van der Waals surface area (Å²) in [6, 6.07) is 7.56. The highest BCUT2D eigenvalue weighted by molar-refractivity contribution is 7.89. The van der Waals surface area contributed by atoms with Crippen LogP contribution in [-0.4, -0.2) is 38.4 Å². The second-order valence-corrected chi connectivity index (χ2v) is 8.29. The monoisotopic (exact) mass is 385 g/mol. The van der Waals surface area contributed by atoms with Gasteiger partial charge in [0.05, 0.1) is 12.4 Å². The molecule has 0 aromatic heterocycles. The topological polar surface area (TPSA) is 92.7 Å². The highest BCUT2D eigenvalue weighted by Crippen LogP contribution is 2.13. The summed E-state index contributed by atoms with van der Waals surface area (Å²) < 4.78 is 32.2. The van der Waals surface area contributed by atoms with Crippen molar-refractivity contribution in [2.24, 2.45) is 0 Å². The van der Waals surface area contributed by atoms with Crippen LogP contribution in [0.1, 0.15) is 57.4 Å². The van der Waals surface area contributed by atoms with Crippen molar-refractivity contribution in [2.75, 3.05) is 18.9 Å². The summed E-state index contributed by atoms with van der Waals surface area (Å²) in [6.07, 6.45) is 5.74. The van der Waals surface area contributed by atoms with Crippen molar-refractivity contribution in [3.05, 3.63) is 29.8 Å². The first-order chi connectivity index (χ1) is 12.4. The van der Waals surface area contributed by atoms with Crippen molar-refractivity contribution < 1.29 is 23.1 Å². The van der Waals surface area contributed by atoms with E-state index in [0.717, 1.165) is 43.4 Å². The van der Waals surface area contributed by atoms with Gasteiger partial charge in [-0.1, -0.05) is 38.3 Å². The van der Waals surface area contributed by atoms with Crippen LogP contribution in [-0.2, 0) is 21.2 Å². The minimum absolute atomic E-state index is 0.0576. The van der Waals surface area contributed by atoms with E-state index >= 15 is 0 Å². The molecule has 6 nitrogen and oxygen atoms in total. The molecule has 1 rings (SSSR count). The number of hydrogen-bond acceptors (Lipinski definition) is 4. The minimum atomic E-state index is -3.29. The first kappa shape index (κ1) is 22.4.